The Bertz CT molecular complexity index is 455. The predicted octanol–water partition coefficient (Wildman–Crippen LogP) is 5.56. The summed E-state index contributed by atoms with van der Waals surface area (Å²) in [5.74, 6) is 0.773. The molecule has 1 N–H and O–H groups in total. The van der Waals surface area contributed by atoms with Crippen molar-refractivity contribution in [3.8, 4) is 0 Å². The molecule has 1 saturated carbocycles. The second kappa shape index (κ2) is 6.96. The fourth-order valence-corrected chi connectivity index (χ4v) is 4.51. The molecule has 1 aliphatic carbocycles. The van der Waals surface area contributed by atoms with E-state index in [-0.39, 0.29) is 0 Å². The topological polar surface area (TPSA) is 12.0 Å². The van der Waals surface area contributed by atoms with Gasteiger partial charge in [-0.2, -0.15) is 0 Å². The van der Waals surface area contributed by atoms with Crippen LogP contribution in [-0.4, -0.2) is 6.54 Å². The number of nitrogens with one attached hydrogen (secondary N) is 1. The van der Waals surface area contributed by atoms with Crippen LogP contribution in [0.5, 0.6) is 0 Å². The summed E-state index contributed by atoms with van der Waals surface area (Å²) >= 11 is 0. The Morgan fingerprint density at radius 1 is 1.14 bits per heavy atom. The first-order valence-electron chi connectivity index (χ1n) is 8.79. The van der Waals surface area contributed by atoms with Crippen molar-refractivity contribution in [2.45, 2.75) is 72.8 Å². The van der Waals surface area contributed by atoms with Crippen molar-refractivity contribution in [2.24, 2.45) is 11.3 Å². The lowest BCUT2D eigenvalue weighted by Crippen LogP contribution is -2.38. The molecule has 118 valence electrons. The molecule has 1 heteroatoms. The van der Waals surface area contributed by atoms with Gasteiger partial charge in [0.25, 0.3) is 0 Å². The van der Waals surface area contributed by atoms with Crippen LogP contribution in [0.2, 0.25) is 0 Å². The molecule has 21 heavy (non-hydrogen) atoms. The zero-order chi connectivity index (χ0) is 15.5. The van der Waals surface area contributed by atoms with E-state index < -0.39 is 0 Å². The molecule has 0 radical (unpaired) electrons. The summed E-state index contributed by atoms with van der Waals surface area (Å²) in [5, 5.41) is 3.85. The highest BCUT2D eigenvalue weighted by molar-refractivity contribution is 5.34. The van der Waals surface area contributed by atoms with Gasteiger partial charge in [-0.25, -0.2) is 0 Å². The maximum absolute atomic E-state index is 3.85. The highest BCUT2D eigenvalue weighted by atomic mass is 14.9. The summed E-state index contributed by atoms with van der Waals surface area (Å²) < 4.78 is 0. The molecular formula is C20H33N. The third kappa shape index (κ3) is 3.69. The van der Waals surface area contributed by atoms with Crippen molar-refractivity contribution < 1.29 is 0 Å². The molecule has 0 spiro atoms. The average molecular weight is 287 g/mol. The van der Waals surface area contributed by atoms with Crippen molar-refractivity contribution in [2.75, 3.05) is 6.54 Å². The Labute approximate surface area is 131 Å². The zero-order valence-electron chi connectivity index (χ0n) is 14.6. The molecule has 2 rings (SSSR count). The Kier molecular flexibility index (Phi) is 5.48. The van der Waals surface area contributed by atoms with Crippen LogP contribution in [0, 0.1) is 25.2 Å². The van der Waals surface area contributed by atoms with Gasteiger partial charge in [-0.3, -0.25) is 0 Å². The van der Waals surface area contributed by atoms with Gasteiger partial charge in [0.05, 0.1) is 0 Å². The number of aryl methyl sites for hydroxylation is 2. The summed E-state index contributed by atoms with van der Waals surface area (Å²) in [6.07, 6.45) is 6.92. The van der Waals surface area contributed by atoms with E-state index >= 15 is 0 Å². The summed E-state index contributed by atoms with van der Waals surface area (Å²) in [4.78, 5) is 0. The Morgan fingerprint density at radius 2 is 1.81 bits per heavy atom. The average Bonchev–Trinajstić information content (AvgIpc) is 2.85. The van der Waals surface area contributed by atoms with Crippen molar-refractivity contribution in [3.05, 3.63) is 34.9 Å². The molecule has 0 amide bonds. The van der Waals surface area contributed by atoms with Gasteiger partial charge in [0, 0.05) is 6.04 Å². The Hall–Kier alpha value is -0.820. The third-order valence-corrected chi connectivity index (χ3v) is 5.17. The minimum Gasteiger partial charge on any atom is -0.310 e. The fourth-order valence-electron chi connectivity index (χ4n) is 4.51. The summed E-state index contributed by atoms with van der Waals surface area (Å²) in [5.41, 5.74) is 4.82. The van der Waals surface area contributed by atoms with Crippen LogP contribution in [0.15, 0.2) is 18.2 Å². The maximum Gasteiger partial charge on any atom is 0.0379 e. The molecule has 1 aromatic carbocycles. The summed E-state index contributed by atoms with van der Waals surface area (Å²) in [6.45, 7) is 12.5. The third-order valence-electron chi connectivity index (χ3n) is 5.17. The first-order chi connectivity index (χ1) is 9.98. The lowest BCUT2D eigenvalue weighted by atomic mass is 9.69. The second-order valence-corrected chi connectivity index (χ2v) is 7.52. The van der Waals surface area contributed by atoms with Gasteiger partial charge in [-0.15, -0.1) is 0 Å². The lowest BCUT2D eigenvalue weighted by Gasteiger charge is -2.41. The monoisotopic (exact) mass is 287 g/mol. The molecule has 1 aromatic rings. The van der Waals surface area contributed by atoms with Crippen LogP contribution in [-0.2, 0) is 0 Å². The molecule has 1 fully saturated rings. The summed E-state index contributed by atoms with van der Waals surface area (Å²) in [7, 11) is 0. The standard InChI is InChI=1S/C20H33N/c1-6-21-19(18-10-9-16(4)13-17(18)5)20(14-15(2)3)11-7-8-12-20/h9-10,13,15,19,21H,6-8,11-12,14H2,1-5H3. The van der Waals surface area contributed by atoms with Crippen molar-refractivity contribution in [3.63, 3.8) is 0 Å². The molecular weight excluding hydrogens is 254 g/mol. The quantitative estimate of drug-likeness (QED) is 0.722. The van der Waals surface area contributed by atoms with E-state index in [0.29, 0.717) is 11.5 Å². The molecule has 1 atom stereocenters. The van der Waals surface area contributed by atoms with Crippen LogP contribution in [0.4, 0.5) is 0 Å². The van der Waals surface area contributed by atoms with Gasteiger partial charge in [0.15, 0.2) is 0 Å². The number of benzene rings is 1. The van der Waals surface area contributed by atoms with Crippen molar-refractivity contribution in [1.82, 2.24) is 5.32 Å². The lowest BCUT2D eigenvalue weighted by molar-refractivity contribution is 0.156. The molecule has 0 aromatic heterocycles. The number of rotatable bonds is 6. The molecule has 1 unspecified atom stereocenters. The molecule has 0 heterocycles. The highest BCUT2D eigenvalue weighted by Gasteiger charge is 2.42. The first kappa shape index (κ1) is 16.5. The van der Waals surface area contributed by atoms with Crippen LogP contribution in [0.3, 0.4) is 0 Å². The van der Waals surface area contributed by atoms with E-state index in [2.05, 4.69) is 58.1 Å². The zero-order valence-corrected chi connectivity index (χ0v) is 14.6. The normalized spacial score (nSPS) is 19.1. The van der Waals surface area contributed by atoms with E-state index in [1.54, 1.807) is 0 Å². The van der Waals surface area contributed by atoms with E-state index in [0.717, 1.165) is 12.5 Å². The number of hydrogen-bond donors (Lipinski definition) is 1. The van der Waals surface area contributed by atoms with Gasteiger partial charge < -0.3 is 5.32 Å². The van der Waals surface area contributed by atoms with E-state index in [4.69, 9.17) is 0 Å². The molecule has 0 aliphatic heterocycles. The van der Waals surface area contributed by atoms with Gasteiger partial charge in [0.2, 0.25) is 0 Å². The second-order valence-electron chi connectivity index (χ2n) is 7.52. The number of hydrogen-bond acceptors (Lipinski definition) is 1. The molecule has 0 bridgehead atoms. The van der Waals surface area contributed by atoms with Gasteiger partial charge in [-0.1, -0.05) is 57.4 Å². The fraction of sp³-hybridized carbons (Fsp3) is 0.700. The van der Waals surface area contributed by atoms with Crippen molar-refractivity contribution >= 4 is 0 Å². The largest absolute Gasteiger partial charge is 0.310 e. The van der Waals surface area contributed by atoms with Crippen molar-refractivity contribution in [1.29, 1.82) is 0 Å². The van der Waals surface area contributed by atoms with Gasteiger partial charge >= 0.3 is 0 Å². The van der Waals surface area contributed by atoms with Gasteiger partial charge in [0.1, 0.15) is 0 Å². The minimum atomic E-state index is 0.462. The van der Waals surface area contributed by atoms with E-state index in [9.17, 15) is 0 Å². The maximum atomic E-state index is 3.85. The minimum absolute atomic E-state index is 0.462. The Balaban J connectivity index is 2.39. The first-order valence-corrected chi connectivity index (χ1v) is 8.79. The molecule has 1 aliphatic rings. The Morgan fingerprint density at radius 3 is 2.33 bits per heavy atom. The molecule has 1 nitrogen and oxygen atoms in total. The predicted molar refractivity (Wildman–Crippen MR) is 92.7 cm³/mol. The van der Waals surface area contributed by atoms with Crippen LogP contribution in [0.1, 0.15) is 75.6 Å². The van der Waals surface area contributed by atoms with Gasteiger partial charge in [-0.05, 0) is 62.1 Å². The van der Waals surface area contributed by atoms with Crippen LogP contribution in [0.25, 0.3) is 0 Å². The summed E-state index contributed by atoms with van der Waals surface area (Å²) in [6, 6.07) is 7.52. The van der Waals surface area contributed by atoms with E-state index in [1.165, 1.54) is 48.8 Å². The van der Waals surface area contributed by atoms with Crippen LogP contribution >= 0.6 is 0 Å². The highest BCUT2D eigenvalue weighted by Crippen LogP contribution is 2.52. The smallest absolute Gasteiger partial charge is 0.0379 e. The molecule has 0 saturated heterocycles. The SMILES string of the molecule is CCNC(c1ccc(C)cc1C)C1(CC(C)C)CCCC1. The van der Waals surface area contributed by atoms with Crippen LogP contribution < -0.4 is 5.32 Å². The van der Waals surface area contributed by atoms with E-state index in [1.807, 2.05) is 0 Å².